The van der Waals surface area contributed by atoms with E-state index in [1.54, 1.807) is 0 Å². The molecule has 0 radical (unpaired) electrons. The van der Waals surface area contributed by atoms with Gasteiger partial charge in [0.05, 0.1) is 0 Å². The van der Waals surface area contributed by atoms with Gasteiger partial charge in [-0.2, -0.15) is 0 Å². The van der Waals surface area contributed by atoms with E-state index in [9.17, 15) is 4.79 Å². The molecule has 29 heavy (non-hydrogen) atoms. The third-order valence-electron chi connectivity index (χ3n) is 5.12. The number of rotatable bonds is 14. The summed E-state index contributed by atoms with van der Waals surface area (Å²) in [6.45, 7) is 14.0. The Hall–Kier alpha value is -1.21. The molecule has 0 aromatic heterocycles. The van der Waals surface area contributed by atoms with E-state index in [0.29, 0.717) is 18.9 Å². The van der Waals surface area contributed by atoms with E-state index >= 15 is 0 Å². The second kappa shape index (κ2) is 14.7. The Morgan fingerprint density at radius 2 is 1.90 bits per heavy atom. The summed E-state index contributed by atoms with van der Waals surface area (Å²) >= 11 is 0. The first-order valence-electron chi connectivity index (χ1n) is 10.5. The largest absolute Gasteiger partial charge is 0.435 e. The van der Waals surface area contributed by atoms with Crippen LogP contribution in [-0.4, -0.2) is 46.5 Å². The van der Waals surface area contributed by atoms with Gasteiger partial charge in [0, 0.05) is 26.4 Å². The molecule has 0 fully saturated rings. The first-order chi connectivity index (χ1) is 13.5. The summed E-state index contributed by atoms with van der Waals surface area (Å²) in [5.41, 5.74) is 0.890. The summed E-state index contributed by atoms with van der Waals surface area (Å²) in [5.74, 6) is -0.0598. The van der Waals surface area contributed by atoms with Crippen LogP contribution in [-0.2, 0) is 18.7 Å². The van der Waals surface area contributed by atoms with Gasteiger partial charge < -0.3 is 19.0 Å². The summed E-state index contributed by atoms with van der Waals surface area (Å²) in [6, 6.07) is 0. The number of carbonyl (C=O) groups excluding carboxylic acids is 1. The number of aliphatic hydroxyl groups is 1. The lowest BCUT2D eigenvalue weighted by molar-refractivity contribution is -0.147. The van der Waals surface area contributed by atoms with Gasteiger partial charge in [-0.05, 0) is 55.3 Å². The van der Waals surface area contributed by atoms with Crippen molar-refractivity contribution in [3.05, 3.63) is 36.0 Å². The molecule has 5 nitrogen and oxygen atoms in total. The summed E-state index contributed by atoms with van der Waals surface area (Å²) in [7, 11) is -0.334. The molecule has 0 aliphatic carbocycles. The Bertz CT molecular complexity index is 544. The lowest BCUT2D eigenvalue weighted by Crippen LogP contribution is -2.41. The van der Waals surface area contributed by atoms with E-state index in [1.165, 1.54) is 13.2 Å². The predicted molar refractivity (Wildman–Crippen MR) is 122 cm³/mol. The maximum absolute atomic E-state index is 12.0. The maximum atomic E-state index is 12.0. The van der Waals surface area contributed by atoms with Crippen LogP contribution in [0, 0.1) is 5.92 Å². The average Bonchev–Trinajstić information content (AvgIpc) is 2.63. The molecule has 6 heteroatoms. The van der Waals surface area contributed by atoms with Crippen LogP contribution in [0.15, 0.2) is 36.0 Å². The van der Waals surface area contributed by atoms with Crippen molar-refractivity contribution in [2.24, 2.45) is 5.92 Å². The maximum Gasteiger partial charge on any atom is 0.333 e. The second-order valence-electron chi connectivity index (χ2n) is 8.86. The van der Waals surface area contributed by atoms with Crippen LogP contribution in [0.3, 0.4) is 0 Å². The minimum absolute atomic E-state index is 0.0537. The molecule has 0 saturated carbocycles. The van der Waals surface area contributed by atoms with Gasteiger partial charge in [-0.15, -0.1) is 0 Å². The molecule has 0 aliphatic heterocycles. The predicted octanol–water partition coefficient (Wildman–Crippen LogP) is 5.38. The van der Waals surface area contributed by atoms with Crippen molar-refractivity contribution >= 4 is 14.3 Å². The van der Waals surface area contributed by atoms with E-state index in [1.807, 2.05) is 6.08 Å². The molecular weight excluding hydrogens is 384 g/mol. The van der Waals surface area contributed by atoms with Gasteiger partial charge in [-0.3, -0.25) is 0 Å². The fraction of sp³-hybridized carbons (Fsp3) is 0.696. The highest BCUT2D eigenvalue weighted by Crippen LogP contribution is 2.36. The smallest absolute Gasteiger partial charge is 0.333 e. The number of carbonyl (C=O) groups is 1. The molecule has 1 N–H and O–H groups in total. The van der Waals surface area contributed by atoms with Crippen molar-refractivity contribution in [3.63, 3.8) is 0 Å². The van der Waals surface area contributed by atoms with Crippen LogP contribution in [0.2, 0.25) is 18.1 Å². The summed E-state index contributed by atoms with van der Waals surface area (Å²) in [5, 5.41) is 8.96. The van der Waals surface area contributed by atoms with Crippen molar-refractivity contribution < 1.29 is 23.8 Å². The highest BCUT2D eigenvalue weighted by Gasteiger charge is 2.36. The molecule has 0 aromatic rings. The number of esters is 1. The molecular formula is C23H42O5Si. The normalized spacial score (nSPS) is 14.7. The Kier molecular flexibility index (Phi) is 14.1. The highest BCUT2D eigenvalue weighted by molar-refractivity contribution is 6.74. The number of unbranched alkanes of at least 4 members (excludes halogenated alkanes) is 1. The highest BCUT2D eigenvalue weighted by atomic mass is 28.4. The Morgan fingerprint density at radius 3 is 2.48 bits per heavy atom. The van der Waals surface area contributed by atoms with Crippen molar-refractivity contribution in [3.8, 4) is 0 Å². The first kappa shape index (κ1) is 27.8. The zero-order chi connectivity index (χ0) is 22.3. The van der Waals surface area contributed by atoms with Crippen LogP contribution in [0.25, 0.3) is 0 Å². The number of allylic oxidation sites excluding steroid dienone is 4. The van der Waals surface area contributed by atoms with Gasteiger partial charge in [-0.25, -0.2) is 4.79 Å². The van der Waals surface area contributed by atoms with Crippen molar-refractivity contribution in [2.45, 2.75) is 71.5 Å². The number of ether oxygens (including phenoxy) is 2. The molecule has 168 valence electrons. The SMILES string of the molecule is COCOC(=O)/C=C(\C=C\[C@@H](C)C/C=C/CCCO)CCO[Si](C)(C)C(C)(C)C. The molecule has 0 aliphatic rings. The molecule has 0 bridgehead atoms. The number of hydrogen-bond acceptors (Lipinski definition) is 5. The minimum Gasteiger partial charge on any atom is -0.435 e. The molecule has 1 atom stereocenters. The van der Waals surface area contributed by atoms with Gasteiger partial charge in [0.1, 0.15) is 0 Å². The van der Waals surface area contributed by atoms with Crippen LogP contribution in [0.5, 0.6) is 0 Å². The van der Waals surface area contributed by atoms with Crippen LogP contribution in [0.1, 0.15) is 53.4 Å². The van der Waals surface area contributed by atoms with Crippen LogP contribution < -0.4 is 0 Å². The van der Waals surface area contributed by atoms with Gasteiger partial charge in [0.2, 0.25) is 0 Å². The topological polar surface area (TPSA) is 65.0 Å². The third-order valence-corrected chi connectivity index (χ3v) is 9.66. The zero-order valence-corrected chi connectivity index (χ0v) is 20.5. The van der Waals surface area contributed by atoms with Crippen molar-refractivity contribution in [1.29, 1.82) is 0 Å². The van der Waals surface area contributed by atoms with E-state index in [2.05, 4.69) is 59.0 Å². The van der Waals surface area contributed by atoms with Crippen molar-refractivity contribution in [2.75, 3.05) is 27.1 Å². The minimum atomic E-state index is -1.82. The summed E-state index contributed by atoms with van der Waals surface area (Å²) < 4.78 is 16.0. The lowest BCUT2D eigenvalue weighted by Gasteiger charge is -2.36. The molecule has 0 saturated heterocycles. The van der Waals surface area contributed by atoms with E-state index in [4.69, 9.17) is 19.0 Å². The fourth-order valence-corrected chi connectivity index (χ4v) is 3.20. The quantitative estimate of drug-likeness (QED) is 0.0768. The van der Waals surface area contributed by atoms with Gasteiger partial charge in [-0.1, -0.05) is 52.0 Å². The van der Waals surface area contributed by atoms with Crippen LogP contribution >= 0.6 is 0 Å². The molecule has 0 aromatic carbocycles. The zero-order valence-electron chi connectivity index (χ0n) is 19.5. The van der Waals surface area contributed by atoms with Gasteiger partial charge in [0.15, 0.2) is 15.1 Å². The molecule has 0 heterocycles. The first-order valence-corrected chi connectivity index (χ1v) is 13.4. The summed E-state index contributed by atoms with van der Waals surface area (Å²) in [4.78, 5) is 12.0. The van der Waals surface area contributed by atoms with Crippen LogP contribution in [0.4, 0.5) is 0 Å². The Morgan fingerprint density at radius 1 is 1.21 bits per heavy atom. The average molecular weight is 427 g/mol. The number of methoxy groups -OCH3 is 1. The number of hydrogen-bond donors (Lipinski definition) is 1. The van der Waals surface area contributed by atoms with Crippen molar-refractivity contribution in [1.82, 2.24) is 0 Å². The second-order valence-corrected chi connectivity index (χ2v) is 13.7. The lowest BCUT2D eigenvalue weighted by atomic mass is 10.0. The molecule has 0 amide bonds. The molecule has 0 spiro atoms. The Labute approximate surface area is 178 Å². The monoisotopic (exact) mass is 426 g/mol. The number of aliphatic hydroxyl groups excluding tert-OH is 1. The van der Waals surface area contributed by atoms with Gasteiger partial charge in [0.25, 0.3) is 0 Å². The van der Waals surface area contributed by atoms with Gasteiger partial charge >= 0.3 is 5.97 Å². The fourth-order valence-electron chi connectivity index (χ4n) is 2.16. The third kappa shape index (κ3) is 13.6. The summed E-state index contributed by atoms with van der Waals surface area (Å²) in [6.07, 6.45) is 13.1. The Balaban J connectivity index is 4.91. The van der Waals surface area contributed by atoms with E-state index in [0.717, 1.165) is 24.8 Å². The van der Waals surface area contributed by atoms with E-state index < -0.39 is 14.3 Å². The molecule has 0 rings (SSSR count). The van der Waals surface area contributed by atoms with E-state index in [-0.39, 0.29) is 18.4 Å². The molecule has 0 unspecified atom stereocenters. The standard InChI is InChI=1S/C23H42O5Si/c1-20(12-10-8-9-11-16-24)13-14-21(18-22(25)27-19-26-5)15-17-28-29(6,7)23(2,3)4/h8,10,13-14,18,20,24H,9,11-12,15-17,19H2,1-7H3/b10-8+,14-13+,21-18+/t20-/m0/s1.